The minimum Gasteiger partial charge on any atom is -0.467 e. The van der Waals surface area contributed by atoms with Gasteiger partial charge < -0.3 is 14.2 Å². The molecule has 6 nitrogen and oxygen atoms in total. The second kappa shape index (κ2) is 7.19. The van der Waals surface area contributed by atoms with Gasteiger partial charge in [0.25, 0.3) is 0 Å². The highest BCUT2D eigenvalue weighted by Crippen LogP contribution is 2.11. The van der Waals surface area contributed by atoms with E-state index >= 15 is 0 Å². The molecule has 2 rings (SSSR count). The Balaban J connectivity index is 1.80. The molecule has 2 unspecified atom stereocenters. The molecule has 2 heterocycles. The van der Waals surface area contributed by atoms with Gasteiger partial charge in [0.2, 0.25) is 0 Å². The fraction of sp³-hybridized carbons (Fsp3) is 0.923. The number of morpholine rings is 2. The van der Waals surface area contributed by atoms with Crippen LogP contribution < -0.4 is 0 Å². The standard InChI is InChI=1S/C13H24N2O4/c1-3-14-4-6-18-11(8-14)9-15-5-7-19-12(10-15)13(16)17-2/h11-12H,3-10H2,1-2H3. The topological polar surface area (TPSA) is 51.2 Å². The maximum absolute atomic E-state index is 11.5. The molecule has 0 saturated carbocycles. The highest BCUT2D eigenvalue weighted by Gasteiger charge is 2.30. The van der Waals surface area contributed by atoms with Gasteiger partial charge in [-0.15, -0.1) is 0 Å². The number of likely N-dealkylation sites (N-methyl/N-ethyl adjacent to an activating group) is 1. The summed E-state index contributed by atoms with van der Waals surface area (Å²) in [7, 11) is 1.40. The van der Waals surface area contributed by atoms with E-state index in [9.17, 15) is 4.79 Å². The van der Waals surface area contributed by atoms with E-state index in [-0.39, 0.29) is 12.1 Å². The SMILES string of the molecule is CCN1CCOC(CN2CCOC(C(=O)OC)C2)C1. The first-order chi connectivity index (χ1) is 9.22. The van der Waals surface area contributed by atoms with Crippen LogP contribution in [0.3, 0.4) is 0 Å². The Hall–Kier alpha value is -0.690. The van der Waals surface area contributed by atoms with Gasteiger partial charge in [0.1, 0.15) is 0 Å². The van der Waals surface area contributed by atoms with Crippen molar-refractivity contribution in [2.75, 3.05) is 59.6 Å². The summed E-state index contributed by atoms with van der Waals surface area (Å²) >= 11 is 0. The summed E-state index contributed by atoms with van der Waals surface area (Å²) in [4.78, 5) is 16.1. The highest BCUT2D eigenvalue weighted by atomic mass is 16.6. The molecule has 0 amide bonds. The Kier molecular flexibility index (Phi) is 5.57. The quantitative estimate of drug-likeness (QED) is 0.648. The maximum Gasteiger partial charge on any atom is 0.336 e. The van der Waals surface area contributed by atoms with E-state index in [4.69, 9.17) is 14.2 Å². The number of rotatable bonds is 4. The third kappa shape index (κ3) is 4.14. The lowest BCUT2D eigenvalue weighted by atomic mass is 10.2. The predicted molar refractivity (Wildman–Crippen MR) is 70.1 cm³/mol. The molecule has 19 heavy (non-hydrogen) atoms. The van der Waals surface area contributed by atoms with Gasteiger partial charge in [0.05, 0.1) is 26.4 Å². The number of methoxy groups -OCH3 is 1. The van der Waals surface area contributed by atoms with Crippen LogP contribution in [0.1, 0.15) is 6.92 Å². The third-order valence-corrected chi connectivity index (χ3v) is 3.75. The summed E-state index contributed by atoms with van der Waals surface area (Å²) < 4.78 is 16.0. The van der Waals surface area contributed by atoms with Gasteiger partial charge >= 0.3 is 5.97 Å². The van der Waals surface area contributed by atoms with E-state index in [0.29, 0.717) is 13.2 Å². The Morgan fingerprint density at radius 1 is 1.21 bits per heavy atom. The predicted octanol–water partition coefficient (Wildman–Crippen LogP) is -0.419. The average Bonchev–Trinajstić information content (AvgIpc) is 2.47. The van der Waals surface area contributed by atoms with Gasteiger partial charge in [-0.05, 0) is 6.54 Å². The van der Waals surface area contributed by atoms with E-state index in [1.807, 2.05) is 0 Å². The van der Waals surface area contributed by atoms with Gasteiger partial charge in [-0.3, -0.25) is 9.80 Å². The van der Waals surface area contributed by atoms with Crippen LogP contribution in [0, 0.1) is 0 Å². The van der Waals surface area contributed by atoms with Gasteiger partial charge in [-0.25, -0.2) is 4.79 Å². The van der Waals surface area contributed by atoms with Crippen LogP contribution in [-0.2, 0) is 19.0 Å². The minimum atomic E-state index is -0.454. The molecule has 2 saturated heterocycles. The van der Waals surface area contributed by atoms with Crippen molar-refractivity contribution in [2.45, 2.75) is 19.1 Å². The van der Waals surface area contributed by atoms with Crippen LogP contribution in [0.25, 0.3) is 0 Å². The molecule has 0 aliphatic carbocycles. The number of hydrogen-bond donors (Lipinski definition) is 0. The molecule has 6 heteroatoms. The van der Waals surface area contributed by atoms with Crippen molar-refractivity contribution < 1.29 is 19.0 Å². The van der Waals surface area contributed by atoms with Gasteiger partial charge in [0.15, 0.2) is 6.10 Å². The van der Waals surface area contributed by atoms with Crippen LogP contribution in [0.2, 0.25) is 0 Å². The Labute approximate surface area is 114 Å². The van der Waals surface area contributed by atoms with Crippen molar-refractivity contribution in [3.8, 4) is 0 Å². The van der Waals surface area contributed by atoms with Crippen LogP contribution in [0.4, 0.5) is 0 Å². The number of carbonyl (C=O) groups is 1. The molecule has 2 fully saturated rings. The Morgan fingerprint density at radius 2 is 1.95 bits per heavy atom. The highest BCUT2D eigenvalue weighted by molar-refractivity contribution is 5.74. The third-order valence-electron chi connectivity index (χ3n) is 3.75. The van der Waals surface area contributed by atoms with Crippen LogP contribution in [-0.4, -0.2) is 87.6 Å². The first kappa shape index (κ1) is 14.7. The van der Waals surface area contributed by atoms with E-state index in [2.05, 4.69) is 16.7 Å². The zero-order valence-corrected chi connectivity index (χ0v) is 11.8. The van der Waals surface area contributed by atoms with E-state index in [1.54, 1.807) is 0 Å². The number of hydrogen-bond acceptors (Lipinski definition) is 6. The molecule has 0 aromatic rings. The Morgan fingerprint density at radius 3 is 2.68 bits per heavy atom. The van der Waals surface area contributed by atoms with E-state index in [0.717, 1.165) is 39.3 Å². The largest absolute Gasteiger partial charge is 0.467 e. The average molecular weight is 272 g/mol. The minimum absolute atomic E-state index is 0.227. The van der Waals surface area contributed by atoms with Crippen molar-refractivity contribution in [2.24, 2.45) is 0 Å². The molecular weight excluding hydrogens is 248 g/mol. The first-order valence-corrected chi connectivity index (χ1v) is 6.98. The van der Waals surface area contributed by atoms with Crippen molar-refractivity contribution >= 4 is 5.97 Å². The second-order valence-corrected chi connectivity index (χ2v) is 5.03. The van der Waals surface area contributed by atoms with Crippen molar-refractivity contribution in [1.82, 2.24) is 9.80 Å². The summed E-state index contributed by atoms with van der Waals surface area (Å²) in [6.45, 7) is 8.88. The number of ether oxygens (including phenoxy) is 3. The van der Waals surface area contributed by atoms with E-state index < -0.39 is 6.10 Å². The number of nitrogens with zero attached hydrogens (tertiary/aromatic N) is 2. The molecule has 0 radical (unpaired) electrons. The molecule has 0 N–H and O–H groups in total. The van der Waals surface area contributed by atoms with Crippen molar-refractivity contribution in [3.63, 3.8) is 0 Å². The van der Waals surface area contributed by atoms with Gasteiger partial charge in [-0.2, -0.15) is 0 Å². The molecular formula is C13H24N2O4. The second-order valence-electron chi connectivity index (χ2n) is 5.03. The molecule has 2 aliphatic rings. The number of carbonyl (C=O) groups excluding carboxylic acids is 1. The maximum atomic E-state index is 11.5. The zero-order chi connectivity index (χ0) is 13.7. The lowest BCUT2D eigenvalue weighted by Crippen LogP contribution is -2.52. The molecule has 0 aromatic carbocycles. The Bertz CT molecular complexity index is 300. The van der Waals surface area contributed by atoms with Crippen LogP contribution in [0.5, 0.6) is 0 Å². The van der Waals surface area contributed by atoms with Gasteiger partial charge in [0, 0.05) is 32.7 Å². The van der Waals surface area contributed by atoms with Gasteiger partial charge in [-0.1, -0.05) is 6.92 Å². The normalized spacial score (nSPS) is 30.2. The molecule has 2 atom stereocenters. The summed E-state index contributed by atoms with van der Waals surface area (Å²) in [6.07, 6.45) is -0.227. The summed E-state index contributed by atoms with van der Waals surface area (Å²) in [5, 5.41) is 0. The van der Waals surface area contributed by atoms with Crippen LogP contribution in [0.15, 0.2) is 0 Å². The fourth-order valence-electron chi connectivity index (χ4n) is 2.61. The lowest BCUT2D eigenvalue weighted by Gasteiger charge is -2.37. The molecule has 110 valence electrons. The molecule has 0 bridgehead atoms. The smallest absolute Gasteiger partial charge is 0.336 e. The summed E-state index contributed by atoms with van der Waals surface area (Å²) in [6, 6.07) is 0. The monoisotopic (exact) mass is 272 g/mol. The molecule has 0 aromatic heterocycles. The van der Waals surface area contributed by atoms with Crippen molar-refractivity contribution in [3.05, 3.63) is 0 Å². The number of esters is 1. The molecule has 2 aliphatic heterocycles. The zero-order valence-electron chi connectivity index (χ0n) is 11.8. The lowest BCUT2D eigenvalue weighted by molar-refractivity contribution is -0.161. The summed E-state index contributed by atoms with van der Waals surface area (Å²) in [5.74, 6) is -0.288. The molecule has 0 spiro atoms. The fourth-order valence-corrected chi connectivity index (χ4v) is 2.61. The van der Waals surface area contributed by atoms with Crippen LogP contribution >= 0.6 is 0 Å². The summed E-state index contributed by atoms with van der Waals surface area (Å²) in [5.41, 5.74) is 0. The van der Waals surface area contributed by atoms with Crippen molar-refractivity contribution in [1.29, 1.82) is 0 Å². The first-order valence-electron chi connectivity index (χ1n) is 6.98. The van der Waals surface area contributed by atoms with E-state index in [1.165, 1.54) is 7.11 Å².